The number of nitrogens with zero attached hydrogens (tertiary/aromatic N) is 1. The van der Waals surface area contributed by atoms with E-state index < -0.39 is 16.8 Å². The van der Waals surface area contributed by atoms with Crippen molar-refractivity contribution in [1.82, 2.24) is 0 Å². The lowest BCUT2D eigenvalue weighted by Crippen LogP contribution is -2.15. The van der Waals surface area contributed by atoms with Crippen molar-refractivity contribution >= 4 is 45.5 Å². The van der Waals surface area contributed by atoms with E-state index in [-0.39, 0.29) is 26.8 Å². The molecule has 0 radical (unpaired) electrons. The second kappa shape index (κ2) is 6.54. The summed E-state index contributed by atoms with van der Waals surface area (Å²) < 4.78 is 4.59. The molecule has 0 atom stereocenters. The third-order valence-electron chi connectivity index (χ3n) is 2.70. The van der Waals surface area contributed by atoms with Gasteiger partial charge in [-0.05, 0) is 23.6 Å². The number of thiophene rings is 1. The van der Waals surface area contributed by atoms with Gasteiger partial charge in [-0.2, -0.15) is 0 Å². The van der Waals surface area contributed by atoms with Crippen LogP contribution < -0.4 is 5.32 Å². The maximum Gasteiger partial charge on any atom is 0.340 e. The number of carbonyl (C=O) groups excluding carboxylic acids is 2. The summed E-state index contributed by atoms with van der Waals surface area (Å²) in [7, 11) is 1.22. The van der Waals surface area contributed by atoms with Gasteiger partial charge in [0.05, 0.1) is 17.6 Å². The molecule has 114 valence electrons. The fourth-order valence-electron chi connectivity index (χ4n) is 1.70. The minimum atomic E-state index is -0.734. The van der Waals surface area contributed by atoms with Crippen molar-refractivity contribution in [3.8, 4) is 0 Å². The van der Waals surface area contributed by atoms with Crippen LogP contribution in [-0.4, -0.2) is 23.9 Å². The molecule has 0 unspecified atom stereocenters. The first-order valence-corrected chi connectivity index (χ1v) is 7.11. The topological polar surface area (TPSA) is 98.5 Å². The number of carbonyl (C=O) groups is 2. The minimum Gasteiger partial charge on any atom is -0.465 e. The highest BCUT2D eigenvalue weighted by atomic mass is 35.5. The molecule has 0 saturated carbocycles. The lowest BCUT2D eigenvalue weighted by Gasteiger charge is -2.06. The van der Waals surface area contributed by atoms with Crippen LogP contribution in [0.1, 0.15) is 20.7 Å². The van der Waals surface area contributed by atoms with Crippen molar-refractivity contribution in [3.05, 3.63) is 55.9 Å². The molecule has 0 aliphatic heterocycles. The van der Waals surface area contributed by atoms with Gasteiger partial charge in [-0.1, -0.05) is 11.6 Å². The quantitative estimate of drug-likeness (QED) is 0.522. The lowest BCUT2D eigenvalue weighted by atomic mass is 10.1. The summed E-state index contributed by atoms with van der Waals surface area (Å²) in [4.78, 5) is 34.1. The van der Waals surface area contributed by atoms with Gasteiger partial charge in [-0.15, -0.1) is 11.3 Å². The molecule has 1 heterocycles. The molecular formula is C13H9ClN2O5S. The summed E-state index contributed by atoms with van der Waals surface area (Å²) >= 11 is 6.88. The van der Waals surface area contributed by atoms with Crippen LogP contribution >= 0.6 is 22.9 Å². The van der Waals surface area contributed by atoms with E-state index in [1.165, 1.54) is 25.3 Å². The second-order valence-corrected chi connectivity index (χ2v) is 5.38. The Labute approximate surface area is 133 Å². The maximum atomic E-state index is 12.2. The Kier molecular flexibility index (Phi) is 4.74. The highest BCUT2D eigenvalue weighted by Gasteiger charge is 2.23. The molecule has 22 heavy (non-hydrogen) atoms. The van der Waals surface area contributed by atoms with Gasteiger partial charge in [0, 0.05) is 11.1 Å². The van der Waals surface area contributed by atoms with Gasteiger partial charge >= 0.3 is 5.97 Å². The molecule has 2 aromatic rings. The molecule has 1 amide bonds. The number of hydrogen-bond acceptors (Lipinski definition) is 6. The van der Waals surface area contributed by atoms with E-state index in [4.69, 9.17) is 11.6 Å². The lowest BCUT2D eigenvalue weighted by molar-refractivity contribution is -0.385. The Balaban J connectivity index is 2.34. The van der Waals surface area contributed by atoms with Crippen molar-refractivity contribution in [2.45, 2.75) is 0 Å². The van der Waals surface area contributed by atoms with Crippen molar-refractivity contribution in [2.24, 2.45) is 0 Å². The minimum absolute atomic E-state index is 0.172. The number of nitro benzene ring substituents is 1. The van der Waals surface area contributed by atoms with Crippen LogP contribution in [0.5, 0.6) is 0 Å². The summed E-state index contributed by atoms with van der Waals surface area (Å²) in [6.07, 6.45) is 0. The zero-order valence-electron chi connectivity index (χ0n) is 11.2. The molecule has 1 N–H and O–H groups in total. The van der Waals surface area contributed by atoms with Gasteiger partial charge in [-0.25, -0.2) is 4.79 Å². The summed E-state index contributed by atoms with van der Waals surface area (Å²) in [5.74, 6) is -1.35. The summed E-state index contributed by atoms with van der Waals surface area (Å²) in [5.41, 5.74) is -0.398. The van der Waals surface area contributed by atoms with E-state index >= 15 is 0 Å². The van der Waals surface area contributed by atoms with E-state index in [0.29, 0.717) is 0 Å². The number of rotatable bonds is 4. The van der Waals surface area contributed by atoms with Crippen molar-refractivity contribution in [3.63, 3.8) is 0 Å². The molecule has 1 aromatic carbocycles. The molecule has 0 bridgehead atoms. The van der Waals surface area contributed by atoms with Crippen LogP contribution in [0.25, 0.3) is 0 Å². The van der Waals surface area contributed by atoms with Crippen molar-refractivity contribution in [1.29, 1.82) is 0 Å². The van der Waals surface area contributed by atoms with Crippen LogP contribution in [0.2, 0.25) is 5.02 Å². The van der Waals surface area contributed by atoms with E-state index in [0.717, 1.165) is 17.4 Å². The molecule has 0 aliphatic carbocycles. The van der Waals surface area contributed by atoms with Gasteiger partial charge in [0.15, 0.2) is 0 Å². The number of esters is 1. The monoisotopic (exact) mass is 340 g/mol. The second-order valence-electron chi connectivity index (χ2n) is 4.03. The molecule has 0 aliphatic rings. The maximum absolute atomic E-state index is 12.2. The van der Waals surface area contributed by atoms with Gasteiger partial charge in [0.1, 0.15) is 10.6 Å². The van der Waals surface area contributed by atoms with Crippen LogP contribution in [-0.2, 0) is 4.74 Å². The number of benzene rings is 1. The molecule has 0 spiro atoms. The molecule has 9 heteroatoms. The Morgan fingerprint density at radius 1 is 1.32 bits per heavy atom. The van der Waals surface area contributed by atoms with E-state index in [1.54, 1.807) is 5.38 Å². The van der Waals surface area contributed by atoms with Crippen molar-refractivity contribution < 1.29 is 19.2 Å². The van der Waals surface area contributed by atoms with Crippen LogP contribution in [0.15, 0.2) is 29.6 Å². The highest BCUT2D eigenvalue weighted by molar-refractivity contribution is 7.14. The SMILES string of the molecule is COC(=O)c1ccsc1NC(=O)c1cc(Cl)ccc1[N+](=O)[O-]. The standard InChI is InChI=1S/C13H9ClN2O5S/c1-21-13(18)8-4-5-22-12(8)15-11(17)9-6-7(14)2-3-10(9)16(19)20/h2-6H,1H3,(H,15,17). The average Bonchev–Trinajstić information content (AvgIpc) is 2.94. The van der Waals surface area contributed by atoms with Crippen LogP contribution in [0.4, 0.5) is 10.7 Å². The normalized spacial score (nSPS) is 10.1. The smallest absolute Gasteiger partial charge is 0.340 e. The Morgan fingerprint density at radius 2 is 2.05 bits per heavy atom. The first-order valence-electron chi connectivity index (χ1n) is 5.85. The number of amides is 1. The largest absolute Gasteiger partial charge is 0.465 e. The summed E-state index contributed by atoms with van der Waals surface area (Å²) in [5, 5.41) is 15.5. The highest BCUT2D eigenvalue weighted by Crippen LogP contribution is 2.27. The number of nitrogens with one attached hydrogen (secondary N) is 1. The third-order valence-corrected chi connectivity index (χ3v) is 3.76. The molecular weight excluding hydrogens is 332 g/mol. The summed E-state index contributed by atoms with van der Waals surface area (Å²) in [6, 6.07) is 5.15. The van der Waals surface area contributed by atoms with Gasteiger partial charge in [-0.3, -0.25) is 14.9 Å². The Morgan fingerprint density at radius 3 is 2.68 bits per heavy atom. The van der Waals surface area contributed by atoms with E-state index in [9.17, 15) is 19.7 Å². The number of methoxy groups -OCH3 is 1. The van der Waals surface area contributed by atoms with Gasteiger partial charge in [0.25, 0.3) is 11.6 Å². The fraction of sp³-hybridized carbons (Fsp3) is 0.0769. The van der Waals surface area contributed by atoms with Gasteiger partial charge < -0.3 is 10.1 Å². The predicted octanol–water partition coefficient (Wildman–Crippen LogP) is 3.35. The third kappa shape index (κ3) is 3.23. The van der Waals surface area contributed by atoms with E-state index in [1.807, 2.05) is 0 Å². The first-order chi connectivity index (χ1) is 10.4. The van der Waals surface area contributed by atoms with Gasteiger partial charge in [0.2, 0.25) is 0 Å². The number of ether oxygens (including phenoxy) is 1. The van der Waals surface area contributed by atoms with Crippen LogP contribution in [0, 0.1) is 10.1 Å². The molecule has 2 rings (SSSR count). The average molecular weight is 341 g/mol. The number of halogens is 1. The molecule has 1 aromatic heterocycles. The van der Waals surface area contributed by atoms with Crippen molar-refractivity contribution in [2.75, 3.05) is 12.4 Å². The predicted molar refractivity (Wildman–Crippen MR) is 81.7 cm³/mol. The molecule has 0 saturated heterocycles. The van der Waals surface area contributed by atoms with Crippen LogP contribution in [0.3, 0.4) is 0 Å². The Hall–Kier alpha value is -2.45. The number of hydrogen-bond donors (Lipinski definition) is 1. The zero-order valence-corrected chi connectivity index (χ0v) is 12.7. The van der Waals surface area contributed by atoms with E-state index in [2.05, 4.69) is 10.1 Å². The molecule has 0 fully saturated rings. The number of nitro groups is 1. The molecule has 7 nitrogen and oxygen atoms in total. The first kappa shape index (κ1) is 15.9. The number of anilines is 1. The zero-order chi connectivity index (χ0) is 16.3. The summed E-state index contributed by atoms with van der Waals surface area (Å²) in [6.45, 7) is 0. The fourth-order valence-corrected chi connectivity index (χ4v) is 2.64. The Bertz CT molecular complexity index is 759.